The predicted octanol–water partition coefficient (Wildman–Crippen LogP) is 2.40. The number of benzene rings is 1. The fourth-order valence-electron chi connectivity index (χ4n) is 1.52. The Morgan fingerprint density at radius 2 is 2.16 bits per heavy atom. The van der Waals surface area contributed by atoms with Gasteiger partial charge in [-0.25, -0.2) is 14.2 Å². The molecular weight excluding hydrogens is 259 g/mol. The van der Waals surface area contributed by atoms with Crippen LogP contribution in [0.15, 0.2) is 22.6 Å². The Morgan fingerprint density at radius 3 is 2.68 bits per heavy atom. The number of aromatic carboxylic acids is 1. The molecule has 0 bridgehead atoms. The molecule has 1 heterocycles. The van der Waals surface area contributed by atoms with E-state index in [9.17, 15) is 19.3 Å². The van der Waals surface area contributed by atoms with Gasteiger partial charge in [0.1, 0.15) is 5.82 Å². The summed E-state index contributed by atoms with van der Waals surface area (Å²) < 4.78 is 18.2. The van der Waals surface area contributed by atoms with E-state index >= 15 is 0 Å². The van der Waals surface area contributed by atoms with Crippen LogP contribution in [0.3, 0.4) is 0 Å². The fourth-order valence-corrected chi connectivity index (χ4v) is 1.52. The lowest BCUT2D eigenvalue weighted by molar-refractivity contribution is -0.385. The van der Waals surface area contributed by atoms with Crippen LogP contribution < -0.4 is 0 Å². The number of carboxylic acid groups (broad SMARTS) is 1. The molecule has 0 aliphatic carbocycles. The molecule has 7 nitrogen and oxygen atoms in total. The Balaban J connectivity index is 2.55. The summed E-state index contributed by atoms with van der Waals surface area (Å²) in [6.07, 6.45) is 0. The van der Waals surface area contributed by atoms with E-state index in [0.29, 0.717) is 0 Å². The molecule has 8 heteroatoms. The number of nitrogens with zero attached hydrogens (tertiary/aromatic N) is 2. The molecule has 0 spiro atoms. The van der Waals surface area contributed by atoms with Gasteiger partial charge >= 0.3 is 5.97 Å². The summed E-state index contributed by atoms with van der Waals surface area (Å²) in [6.45, 7) is 1.41. The lowest BCUT2D eigenvalue weighted by Crippen LogP contribution is -1.95. The lowest BCUT2D eigenvalue weighted by atomic mass is 10.2. The van der Waals surface area contributed by atoms with Crippen molar-refractivity contribution in [1.82, 2.24) is 4.98 Å². The highest BCUT2D eigenvalue weighted by atomic mass is 19.1. The van der Waals surface area contributed by atoms with Crippen molar-refractivity contribution in [2.75, 3.05) is 0 Å². The summed E-state index contributed by atoms with van der Waals surface area (Å²) >= 11 is 0. The van der Waals surface area contributed by atoms with E-state index in [2.05, 4.69) is 4.98 Å². The molecule has 0 amide bonds. The number of aryl methyl sites for hydroxylation is 1. The third-order valence-electron chi connectivity index (χ3n) is 2.33. The van der Waals surface area contributed by atoms with Gasteiger partial charge in [0.25, 0.3) is 5.69 Å². The van der Waals surface area contributed by atoms with Crippen LogP contribution in [0.2, 0.25) is 0 Å². The van der Waals surface area contributed by atoms with E-state index in [-0.39, 0.29) is 22.9 Å². The molecule has 0 aliphatic rings. The number of aromatic nitrogens is 1. The lowest BCUT2D eigenvalue weighted by Gasteiger charge is -1.97. The number of hydrogen-bond acceptors (Lipinski definition) is 5. The third-order valence-corrected chi connectivity index (χ3v) is 2.33. The predicted molar refractivity (Wildman–Crippen MR) is 60.2 cm³/mol. The van der Waals surface area contributed by atoms with Gasteiger partial charge in [-0.1, -0.05) is 0 Å². The van der Waals surface area contributed by atoms with Crippen LogP contribution in [0.5, 0.6) is 0 Å². The minimum atomic E-state index is -1.32. The molecule has 2 rings (SSSR count). The van der Waals surface area contributed by atoms with Gasteiger partial charge in [-0.15, -0.1) is 0 Å². The van der Waals surface area contributed by atoms with Crippen molar-refractivity contribution in [3.63, 3.8) is 0 Å². The van der Waals surface area contributed by atoms with Gasteiger partial charge < -0.3 is 9.52 Å². The third kappa shape index (κ3) is 2.41. The minimum absolute atomic E-state index is 0.00213. The molecule has 1 aromatic carbocycles. The zero-order chi connectivity index (χ0) is 14.2. The van der Waals surface area contributed by atoms with Gasteiger partial charge in [0.05, 0.1) is 16.7 Å². The summed E-state index contributed by atoms with van der Waals surface area (Å²) in [4.78, 5) is 24.4. The molecule has 98 valence electrons. The van der Waals surface area contributed by atoms with Crippen molar-refractivity contribution in [3.8, 4) is 11.5 Å². The zero-order valence-electron chi connectivity index (χ0n) is 9.58. The van der Waals surface area contributed by atoms with Gasteiger partial charge in [0, 0.05) is 11.6 Å². The fraction of sp³-hybridized carbons (Fsp3) is 0.0909. The average molecular weight is 266 g/mol. The molecule has 1 N–H and O–H groups in total. The highest BCUT2D eigenvalue weighted by Gasteiger charge is 2.19. The summed E-state index contributed by atoms with van der Waals surface area (Å²) in [6, 6.07) is 2.78. The number of rotatable bonds is 3. The Labute approximate surface area is 105 Å². The maximum absolute atomic E-state index is 13.2. The number of nitro groups is 1. The monoisotopic (exact) mass is 266 g/mol. The molecule has 0 saturated heterocycles. The standard InChI is InChI=1S/C11H7FN2O5/c1-5-9(11(15)16)19-10(13-5)6-2-7(12)4-8(3-6)14(17)18/h2-4H,1H3,(H,15,16). The van der Waals surface area contributed by atoms with Crippen molar-refractivity contribution >= 4 is 11.7 Å². The second kappa shape index (κ2) is 4.48. The van der Waals surface area contributed by atoms with Crippen molar-refractivity contribution < 1.29 is 23.6 Å². The van der Waals surface area contributed by atoms with Crippen LogP contribution in [0.4, 0.5) is 10.1 Å². The number of hydrogen-bond donors (Lipinski definition) is 1. The van der Waals surface area contributed by atoms with Crippen molar-refractivity contribution in [2.24, 2.45) is 0 Å². The molecule has 0 unspecified atom stereocenters. The van der Waals surface area contributed by atoms with E-state index in [1.165, 1.54) is 6.92 Å². The summed E-state index contributed by atoms with van der Waals surface area (Å²) in [7, 11) is 0. The molecule has 2 aromatic rings. The first-order valence-corrected chi connectivity index (χ1v) is 5.04. The van der Waals surface area contributed by atoms with Gasteiger partial charge in [-0.05, 0) is 13.0 Å². The first kappa shape index (κ1) is 12.7. The number of carboxylic acids is 1. The Morgan fingerprint density at radius 1 is 1.47 bits per heavy atom. The summed E-state index contributed by atoms with van der Waals surface area (Å²) in [5.41, 5.74) is -0.362. The number of nitro benzene ring substituents is 1. The van der Waals surface area contributed by atoms with E-state index < -0.39 is 22.4 Å². The quantitative estimate of drug-likeness (QED) is 0.675. The van der Waals surface area contributed by atoms with E-state index in [0.717, 1.165) is 18.2 Å². The molecule has 0 radical (unpaired) electrons. The van der Waals surface area contributed by atoms with Crippen LogP contribution in [-0.4, -0.2) is 21.0 Å². The van der Waals surface area contributed by atoms with Crippen LogP contribution in [0.1, 0.15) is 16.2 Å². The van der Waals surface area contributed by atoms with Crippen molar-refractivity contribution in [3.05, 3.63) is 45.6 Å². The highest BCUT2D eigenvalue weighted by molar-refractivity contribution is 5.86. The first-order valence-electron chi connectivity index (χ1n) is 5.04. The molecule has 0 aliphatic heterocycles. The Hall–Kier alpha value is -2.77. The van der Waals surface area contributed by atoms with Gasteiger partial charge in [-0.3, -0.25) is 10.1 Å². The molecule has 0 saturated carbocycles. The SMILES string of the molecule is Cc1nc(-c2cc(F)cc([N+](=O)[O-])c2)oc1C(=O)O. The molecule has 19 heavy (non-hydrogen) atoms. The van der Waals surface area contributed by atoms with Crippen molar-refractivity contribution in [2.45, 2.75) is 6.92 Å². The van der Waals surface area contributed by atoms with Gasteiger partial charge in [0.2, 0.25) is 11.7 Å². The van der Waals surface area contributed by atoms with E-state index in [4.69, 9.17) is 9.52 Å². The summed E-state index contributed by atoms with van der Waals surface area (Å²) in [5.74, 6) is -2.72. The van der Waals surface area contributed by atoms with Crippen LogP contribution in [0.25, 0.3) is 11.5 Å². The molecule has 0 fully saturated rings. The van der Waals surface area contributed by atoms with E-state index in [1.807, 2.05) is 0 Å². The Kier molecular flexibility index (Phi) is 2.99. The zero-order valence-corrected chi connectivity index (χ0v) is 9.58. The smallest absolute Gasteiger partial charge is 0.373 e. The first-order chi connectivity index (χ1) is 8.88. The number of halogens is 1. The second-order valence-electron chi connectivity index (χ2n) is 3.69. The highest BCUT2D eigenvalue weighted by Crippen LogP contribution is 2.26. The Bertz CT molecular complexity index is 680. The topological polar surface area (TPSA) is 106 Å². The van der Waals surface area contributed by atoms with Gasteiger partial charge in [-0.2, -0.15) is 0 Å². The molecule has 0 atom stereocenters. The van der Waals surface area contributed by atoms with E-state index in [1.54, 1.807) is 0 Å². The molecule has 1 aromatic heterocycles. The minimum Gasteiger partial charge on any atom is -0.475 e. The number of oxazole rings is 1. The van der Waals surface area contributed by atoms with Crippen LogP contribution >= 0.6 is 0 Å². The number of non-ortho nitro benzene ring substituents is 1. The molecular formula is C11H7FN2O5. The van der Waals surface area contributed by atoms with Crippen LogP contribution in [0, 0.1) is 22.9 Å². The van der Waals surface area contributed by atoms with Crippen LogP contribution in [-0.2, 0) is 0 Å². The largest absolute Gasteiger partial charge is 0.475 e. The summed E-state index contributed by atoms with van der Waals surface area (Å²) in [5, 5.41) is 19.4. The maximum Gasteiger partial charge on any atom is 0.373 e. The number of carbonyl (C=O) groups is 1. The maximum atomic E-state index is 13.2. The average Bonchev–Trinajstić information content (AvgIpc) is 2.70. The van der Waals surface area contributed by atoms with Crippen molar-refractivity contribution in [1.29, 1.82) is 0 Å². The second-order valence-corrected chi connectivity index (χ2v) is 3.69. The normalized spacial score (nSPS) is 10.4. The van der Waals surface area contributed by atoms with Gasteiger partial charge in [0.15, 0.2) is 0 Å².